The first-order chi connectivity index (χ1) is 14.9. The van der Waals surface area contributed by atoms with Crippen molar-refractivity contribution in [2.24, 2.45) is 4.99 Å². The van der Waals surface area contributed by atoms with E-state index in [-0.39, 0.29) is 28.1 Å². The summed E-state index contributed by atoms with van der Waals surface area (Å²) in [6.45, 7) is 0. The number of benzene rings is 3. The summed E-state index contributed by atoms with van der Waals surface area (Å²) in [5.41, 5.74) is 2.35. The molecule has 1 N–H and O–H groups in total. The van der Waals surface area contributed by atoms with Crippen LogP contribution in [0.15, 0.2) is 63.9 Å². The van der Waals surface area contributed by atoms with Gasteiger partial charge in [0.2, 0.25) is 0 Å². The number of rotatable bonds is 6. The van der Waals surface area contributed by atoms with Gasteiger partial charge in [-0.25, -0.2) is 9.37 Å². The second-order valence-corrected chi connectivity index (χ2v) is 9.53. The Hall–Kier alpha value is -2.45. The Morgan fingerprint density at radius 2 is 1.94 bits per heavy atom. The first-order valence-electron chi connectivity index (χ1n) is 8.93. The van der Waals surface area contributed by atoms with Crippen molar-refractivity contribution in [3.63, 3.8) is 0 Å². The predicted molar refractivity (Wildman–Crippen MR) is 126 cm³/mol. The Balaban J connectivity index is 1.48. The lowest BCUT2D eigenvalue weighted by Crippen LogP contribution is -2.01. The van der Waals surface area contributed by atoms with Gasteiger partial charge in [-0.2, -0.15) is 0 Å². The fourth-order valence-corrected chi connectivity index (χ4v) is 5.21. The van der Waals surface area contributed by atoms with E-state index in [9.17, 15) is 14.3 Å². The molecule has 31 heavy (non-hydrogen) atoms. The fraction of sp³-hybridized carbons (Fsp3) is 0.0455. The molecule has 1 aromatic heterocycles. The molecule has 0 radical (unpaired) electrons. The number of hydrogen-bond acceptors (Lipinski definition) is 6. The Kier molecular flexibility index (Phi) is 6.57. The molecule has 4 nitrogen and oxygen atoms in total. The van der Waals surface area contributed by atoms with Crippen LogP contribution in [-0.4, -0.2) is 27.8 Å². The first-order valence-corrected chi connectivity index (χ1v) is 11.5. The lowest BCUT2D eigenvalue weighted by Gasteiger charge is -2.02. The highest BCUT2D eigenvalue weighted by Crippen LogP contribution is 2.33. The number of Topliss-reactive ketones (excluding diaryl/α,β-unsaturated/α-hetero) is 1. The Morgan fingerprint density at radius 3 is 2.71 bits per heavy atom. The molecule has 0 aliphatic heterocycles. The quantitative estimate of drug-likeness (QED) is 0.176. The molecular formula is C22H13Cl2FN2O2S2. The minimum absolute atomic E-state index is 0.0850. The number of phenolic OH excluding ortho intramolecular Hbond substituents is 1. The predicted octanol–water partition coefficient (Wildman–Crippen LogP) is 7.17. The fourth-order valence-electron chi connectivity index (χ4n) is 2.71. The minimum Gasteiger partial charge on any atom is -0.506 e. The van der Waals surface area contributed by atoms with Gasteiger partial charge in [-0.1, -0.05) is 35.0 Å². The van der Waals surface area contributed by atoms with Gasteiger partial charge in [0.15, 0.2) is 10.1 Å². The molecule has 156 valence electrons. The molecule has 0 aliphatic carbocycles. The van der Waals surface area contributed by atoms with Crippen LogP contribution in [0.1, 0.15) is 15.9 Å². The summed E-state index contributed by atoms with van der Waals surface area (Å²) in [4.78, 5) is 21.2. The molecule has 4 aromatic rings. The number of thiazole rings is 1. The number of aliphatic imine (C=N–C) groups is 1. The number of hydrogen-bond donors (Lipinski definition) is 1. The summed E-state index contributed by atoms with van der Waals surface area (Å²) in [7, 11) is 0. The molecule has 1 heterocycles. The second kappa shape index (κ2) is 9.36. The lowest BCUT2D eigenvalue weighted by molar-refractivity contribution is 0.102. The van der Waals surface area contributed by atoms with Crippen molar-refractivity contribution < 1.29 is 14.3 Å². The number of aromatic nitrogens is 1. The molecule has 0 aliphatic rings. The van der Waals surface area contributed by atoms with Crippen molar-refractivity contribution >= 4 is 74.2 Å². The van der Waals surface area contributed by atoms with Gasteiger partial charge in [0.1, 0.15) is 11.6 Å². The molecular weight excluding hydrogens is 478 g/mol. The normalized spacial score (nSPS) is 11.5. The topological polar surface area (TPSA) is 62.5 Å². The molecule has 0 saturated carbocycles. The highest BCUT2D eigenvalue weighted by molar-refractivity contribution is 8.01. The maximum absolute atomic E-state index is 13.0. The van der Waals surface area contributed by atoms with Gasteiger partial charge in [-0.3, -0.25) is 9.79 Å². The minimum atomic E-state index is -0.373. The summed E-state index contributed by atoms with van der Waals surface area (Å²) in [6, 6.07) is 14.1. The summed E-state index contributed by atoms with van der Waals surface area (Å²) >= 11 is 14.7. The van der Waals surface area contributed by atoms with Crippen molar-refractivity contribution in [2.45, 2.75) is 4.34 Å². The maximum atomic E-state index is 13.0. The lowest BCUT2D eigenvalue weighted by atomic mass is 10.1. The molecule has 0 atom stereocenters. The van der Waals surface area contributed by atoms with E-state index >= 15 is 0 Å². The largest absolute Gasteiger partial charge is 0.506 e. The van der Waals surface area contributed by atoms with E-state index in [0.29, 0.717) is 21.8 Å². The van der Waals surface area contributed by atoms with Crippen molar-refractivity contribution in [1.82, 2.24) is 4.98 Å². The number of nitrogens with zero attached hydrogens (tertiary/aromatic N) is 2. The summed E-state index contributed by atoms with van der Waals surface area (Å²) in [5, 5.41) is 10.6. The molecule has 0 bridgehead atoms. The van der Waals surface area contributed by atoms with Crippen LogP contribution in [0.25, 0.3) is 10.2 Å². The van der Waals surface area contributed by atoms with Crippen LogP contribution in [0.3, 0.4) is 0 Å². The highest BCUT2D eigenvalue weighted by atomic mass is 35.5. The Bertz CT molecular complexity index is 1310. The molecule has 0 unspecified atom stereocenters. The van der Waals surface area contributed by atoms with Gasteiger partial charge in [-0.05, 0) is 54.6 Å². The van der Waals surface area contributed by atoms with Crippen LogP contribution in [0.2, 0.25) is 10.0 Å². The Labute approximate surface area is 195 Å². The molecule has 0 spiro atoms. The number of thioether (sulfide) groups is 1. The zero-order chi connectivity index (χ0) is 22.0. The average molecular weight is 491 g/mol. The SMILES string of the molecule is O=C(CSc1nc2ccc(N=Cc3cc(Cl)cc(Cl)c3O)cc2s1)c1ccc(F)cc1. The molecule has 4 rings (SSSR count). The molecule has 3 aromatic carbocycles. The molecule has 0 amide bonds. The van der Waals surface area contributed by atoms with Crippen molar-refractivity contribution in [3.8, 4) is 5.75 Å². The summed E-state index contributed by atoms with van der Waals surface area (Å²) in [6.07, 6.45) is 1.49. The van der Waals surface area contributed by atoms with E-state index in [2.05, 4.69) is 9.98 Å². The monoisotopic (exact) mass is 490 g/mol. The number of aromatic hydroxyl groups is 1. The van der Waals surface area contributed by atoms with E-state index in [1.54, 1.807) is 12.1 Å². The zero-order valence-corrected chi connectivity index (χ0v) is 18.8. The third kappa shape index (κ3) is 5.25. The standard InChI is InChI=1S/C22H13Cl2FN2O2S2/c23-14-7-13(21(29)17(24)8-14)10-26-16-5-6-18-20(9-16)31-22(27-18)30-11-19(28)12-1-3-15(25)4-2-12/h1-10,29H,11H2. The van der Waals surface area contributed by atoms with Gasteiger partial charge < -0.3 is 5.11 Å². The number of phenols is 1. The van der Waals surface area contributed by atoms with Crippen molar-refractivity contribution in [2.75, 3.05) is 5.75 Å². The van der Waals surface area contributed by atoms with Crippen molar-refractivity contribution in [3.05, 3.63) is 81.6 Å². The van der Waals surface area contributed by atoms with Crippen LogP contribution in [-0.2, 0) is 0 Å². The number of ketones is 1. The highest BCUT2D eigenvalue weighted by Gasteiger charge is 2.11. The van der Waals surface area contributed by atoms with E-state index < -0.39 is 0 Å². The van der Waals surface area contributed by atoms with Crippen LogP contribution in [0.5, 0.6) is 5.75 Å². The second-order valence-electron chi connectivity index (χ2n) is 6.43. The van der Waals surface area contributed by atoms with E-state index in [4.69, 9.17) is 23.2 Å². The average Bonchev–Trinajstić information content (AvgIpc) is 3.16. The number of halogens is 3. The number of carbonyl (C=O) groups is 1. The Morgan fingerprint density at radius 1 is 1.16 bits per heavy atom. The molecule has 0 saturated heterocycles. The number of carbonyl (C=O) groups excluding carboxylic acids is 1. The van der Waals surface area contributed by atoms with Gasteiger partial charge in [0.25, 0.3) is 0 Å². The molecule has 0 fully saturated rings. The van der Waals surface area contributed by atoms with E-state index in [0.717, 1.165) is 14.6 Å². The van der Waals surface area contributed by atoms with Gasteiger partial charge in [-0.15, -0.1) is 11.3 Å². The van der Waals surface area contributed by atoms with Crippen molar-refractivity contribution in [1.29, 1.82) is 0 Å². The van der Waals surface area contributed by atoms with Crippen LogP contribution < -0.4 is 0 Å². The first kappa shape index (κ1) is 21.8. The van der Waals surface area contributed by atoms with E-state index in [1.807, 2.05) is 12.1 Å². The smallest absolute Gasteiger partial charge is 0.173 e. The summed E-state index contributed by atoms with van der Waals surface area (Å²) in [5.74, 6) is -0.333. The van der Waals surface area contributed by atoms with Crippen LogP contribution in [0.4, 0.5) is 10.1 Å². The molecule has 9 heteroatoms. The van der Waals surface area contributed by atoms with Gasteiger partial charge in [0.05, 0.1) is 26.7 Å². The zero-order valence-electron chi connectivity index (χ0n) is 15.7. The van der Waals surface area contributed by atoms with Crippen LogP contribution >= 0.6 is 46.3 Å². The van der Waals surface area contributed by atoms with Crippen LogP contribution in [0, 0.1) is 5.82 Å². The third-order valence-electron chi connectivity index (χ3n) is 4.26. The number of fused-ring (bicyclic) bond motifs is 1. The summed E-state index contributed by atoms with van der Waals surface area (Å²) < 4.78 is 14.7. The van der Waals surface area contributed by atoms with Gasteiger partial charge in [0, 0.05) is 22.4 Å². The third-order valence-corrected chi connectivity index (χ3v) is 6.92. The van der Waals surface area contributed by atoms with E-state index in [1.165, 1.54) is 59.6 Å². The maximum Gasteiger partial charge on any atom is 0.173 e. The van der Waals surface area contributed by atoms with Gasteiger partial charge >= 0.3 is 0 Å².